The number of ether oxygens (including phenoxy) is 1. The maximum Gasteiger partial charge on any atom is 0.123 e. The number of carbonyl (C=O) groups excluding carboxylic acids is 1. The Kier molecular flexibility index (Phi) is 4.53. The van der Waals surface area contributed by atoms with Gasteiger partial charge in [-0.05, 0) is 38.3 Å². The van der Waals surface area contributed by atoms with Crippen molar-refractivity contribution in [2.45, 2.75) is 46.1 Å². The van der Waals surface area contributed by atoms with E-state index in [-0.39, 0.29) is 12.0 Å². The third-order valence-electron chi connectivity index (χ3n) is 2.59. The van der Waals surface area contributed by atoms with Crippen molar-refractivity contribution < 1.29 is 9.53 Å². The van der Waals surface area contributed by atoms with Gasteiger partial charge in [-0.3, -0.25) is 0 Å². The molecule has 1 atom stereocenters. The summed E-state index contributed by atoms with van der Waals surface area (Å²) in [7, 11) is 0. The molecule has 0 fully saturated rings. The van der Waals surface area contributed by atoms with Crippen LogP contribution in [-0.4, -0.2) is 12.4 Å². The van der Waals surface area contributed by atoms with E-state index >= 15 is 0 Å². The van der Waals surface area contributed by atoms with Crippen molar-refractivity contribution >= 4 is 6.29 Å². The summed E-state index contributed by atoms with van der Waals surface area (Å²) in [4.78, 5) is 10.6. The molecular formula is C14H20O2. The van der Waals surface area contributed by atoms with E-state index in [1.807, 2.05) is 26.0 Å². The molecule has 1 unspecified atom stereocenters. The van der Waals surface area contributed by atoms with Gasteiger partial charge in [0.05, 0.1) is 6.10 Å². The van der Waals surface area contributed by atoms with Crippen LogP contribution >= 0.6 is 0 Å². The first-order valence-corrected chi connectivity index (χ1v) is 5.76. The van der Waals surface area contributed by atoms with Crippen LogP contribution in [0.5, 0.6) is 5.75 Å². The van der Waals surface area contributed by atoms with E-state index in [2.05, 4.69) is 19.9 Å². The largest absolute Gasteiger partial charge is 0.491 e. The Hall–Kier alpha value is -1.31. The molecule has 2 heteroatoms. The maximum atomic E-state index is 10.6. The summed E-state index contributed by atoms with van der Waals surface area (Å²) in [6, 6.07) is 6.03. The number of aryl methyl sites for hydroxylation is 1. The zero-order valence-corrected chi connectivity index (χ0v) is 10.5. The number of rotatable bonds is 5. The fourth-order valence-corrected chi connectivity index (χ4v) is 1.90. The Morgan fingerprint density at radius 2 is 2.00 bits per heavy atom. The minimum Gasteiger partial charge on any atom is -0.491 e. The summed E-state index contributed by atoms with van der Waals surface area (Å²) in [6.45, 7) is 8.14. The summed E-state index contributed by atoms with van der Waals surface area (Å²) in [5.74, 6) is 1.12. The van der Waals surface area contributed by atoms with Crippen LogP contribution in [0.4, 0.5) is 0 Å². The number of hydrogen-bond acceptors (Lipinski definition) is 2. The van der Waals surface area contributed by atoms with E-state index in [4.69, 9.17) is 4.74 Å². The standard InChI is InChI=1S/C14H20O2/c1-10(2)16-13-7-5-6-11(3)14(13)12(4)8-9-15/h5-7,9-10,12H,8H2,1-4H3. The lowest BCUT2D eigenvalue weighted by Crippen LogP contribution is -2.09. The van der Waals surface area contributed by atoms with Gasteiger partial charge in [0, 0.05) is 12.0 Å². The van der Waals surface area contributed by atoms with Gasteiger partial charge in [0.2, 0.25) is 0 Å². The lowest BCUT2D eigenvalue weighted by molar-refractivity contribution is -0.108. The van der Waals surface area contributed by atoms with Crippen LogP contribution in [0.3, 0.4) is 0 Å². The molecule has 0 saturated carbocycles. The van der Waals surface area contributed by atoms with Crippen molar-refractivity contribution in [3.8, 4) is 5.75 Å². The molecule has 0 heterocycles. The van der Waals surface area contributed by atoms with Gasteiger partial charge in [0.25, 0.3) is 0 Å². The van der Waals surface area contributed by atoms with Crippen LogP contribution < -0.4 is 4.74 Å². The highest BCUT2D eigenvalue weighted by atomic mass is 16.5. The lowest BCUT2D eigenvalue weighted by Gasteiger charge is -2.19. The average Bonchev–Trinajstić information content (AvgIpc) is 2.16. The smallest absolute Gasteiger partial charge is 0.123 e. The molecule has 0 aliphatic rings. The summed E-state index contributed by atoms with van der Waals surface area (Å²) in [5, 5.41) is 0. The fraction of sp³-hybridized carbons (Fsp3) is 0.500. The SMILES string of the molecule is Cc1cccc(OC(C)C)c1C(C)CC=O. The second-order valence-electron chi connectivity index (χ2n) is 4.46. The first-order valence-electron chi connectivity index (χ1n) is 5.76. The maximum absolute atomic E-state index is 10.6. The number of carbonyl (C=O) groups is 1. The van der Waals surface area contributed by atoms with Gasteiger partial charge >= 0.3 is 0 Å². The van der Waals surface area contributed by atoms with Gasteiger partial charge in [-0.1, -0.05) is 19.1 Å². The van der Waals surface area contributed by atoms with Gasteiger partial charge in [0.1, 0.15) is 12.0 Å². The van der Waals surface area contributed by atoms with Crippen molar-refractivity contribution in [2.24, 2.45) is 0 Å². The molecule has 0 spiro atoms. The van der Waals surface area contributed by atoms with Crippen molar-refractivity contribution in [3.05, 3.63) is 29.3 Å². The van der Waals surface area contributed by atoms with Gasteiger partial charge < -0.3 is 9.53 Å². The molecule has 0 aromatic heterocycles. The number of benzene rings is 1. The van der Waals surface area contributed by atoms with Crippen LogP contribution in [0, 0.1) is 6.92 Å². The highest BCUT2D eigenvalue weighted by Crippen LogP contribution is 2.31. The first-order chi connectivity index (χ1) is 7.56. The zero-order valence-electron chi connectivity index (χ0n) is 10.5. The summed E-state index contributed by atoms with van der Waals surface area (Å²) < 4.78 is 5.78. The average molecular weight is 220 g/mol. The topological polar surface area (TPSA) is 26.3 Å². The van der Waals surface area contributed by atoms with Crippen LogP contribution in [0.1, 0.15) is 44.2 Å². The molecule has 1 rings (SSSR count). The normalized spacial score (nSPS) is 12.6. The van der Waals surface area contributed by atoms with Gasteiger partial charge in [-0.25, -0.2) is 0 Å². The third-order valence-corrected chi connectivity index (χ3v) is 2.59. The van der Waals surface area contributed by atoms with Gasteiger partial charge in [-0.2, -0.15) is 0 Å². The molecule has 2 nitrogen and oxygen atoms in total. The Bertz CT molecular complexity index is 356. The molecule has 0 radical (unpaired) electrons. The Labute approximate surface area is 97.6 Å². The molecular weight excluding hydrogens is 200 g/mol. The second-order valence-corrected chi connectivity index (χ2v) is 4.46. The number of hydrogen-bond donors (Lipinski definition) is 0. The van der Waals surface area contributed by atoms with Crippen molar-refractivity contribution in [1.82, 2.24) is 0 Å². The Morgan fingerprint density at radius 3 is 2.56 bits per heavy atom. The van der Waals surface area contributed by atoms with E-state index in [0.29, 0.717) is 6.42 Å². The summed E-state index contributed by atoms with van der Waals surface area (Å²) in [5.41, 5.74) is 2.34. The molecule has 16 heavy (non-hydrogen) atoms. The van der Waals surface area contributed by atoms with E-state index < -0.39 is 0 Å². The van der Waals surface area contributed by atoms with Crippen LogP contribution in [0.15, 0.2) is 18.2 Å². The van der Waals surface area contributed by atoms with E-state index in [0.717, 1.165) is 17.6 Å². The molecule has 0 saturated heterocycles. The minimum absolute atomic E-state index is 0.156. The molecule has 0 N–H and O–H groups in total. The predicted octanol–water partition coefficient (Wildman–Crippen LogP) is 3.47. The molecule has 0 aliphatic carbocycles. The molecule has 1 aromatic carbocycles. The molecule has 0 bridgehead atoms. The fourth-order valence-electron chi connectivity index (χ4n) is 1.90. The molecule has 1 aromatic rings. The number of aldehydes is 1. The molecule has 88 valence electrons. The van der Waals surface area contributed by atoms with Crippen LogP contribution in [0.25, 0.3) is 0 Å². The predicted molar refractivity (Wildman–Crippen MR) is 66.0 cm³/mol. The van der Waals surface area contributed by atoms with Gasteiger partial charge in [-0.15, -0.1) is 0 Å². The summed E-state index contributed by atoms with van der Waals surface area (Å²) >= 11 is 0. The highest BCUT2D eigenvalue weighted by molar-refractivity contribution is 5.53. The van der Waals surface area contributed by atoms with Crippen molar-refractivity contribution in [3.63, 3.8) is 0 Å². The Morgan fingerprint density at radius 1 is 1.31 bits per heavy atom. The highest BCUT2D eigenvalue weighted by Gasteiger charge is 2.14. The first kappa shape index (κ1) is 12.8. The lowest BCUT2D eigenvalue weighted by atomic mass is 9.93. The molecule has 0 amide bonds. The van der Waals surface area contributed by atoms with E-state index in [1.165, 1.54) is 5.56 Å². The monoisotopic (exact) mass is 220 g/mol. The summed E-state index contributed by atoms with van der Waals surface area (Å²) in [6.07, 6.45) is 1.67. The van der Waals surface area contributed by atoms with Crippen molar-refractivity contribution in [2.75, 3.05) is 0 Å². The zero-order chi connectivity index (χ0) is 12.1. The van der Waals surface area contributed by atoms with Crippen LogP contribution in [-0.2, 0) is 4.79 Å². The van der Waals surface area contributed by atoms with Crippen LogP contribution in [0.2, 0.25) is 0 Å². The van der Waals surface area contributed by atoms with E-state index in [9.17, 15) is 4.79 Å². The third kappa shape index (κ3) is 3.09. The minimum atomic E-state index is 0.156. The second kappa shape index (κ2) is 5.69. The van der Waals surface area contributed by atoms with E-state index in [1.54, 1.807) is 0 Å². The quantitative estimate of drug-likeness (QED) is 0.710. The van der Waals surface area contributed by atoms with Crippen molar-refractivity contribution in [1.29, 1.82) is 0 Å². The van der Waals surface area contributed by atoms with Gasteiger partial charge in [0.15, 0.2) is 0 Å². The molecule has 0 aliphatic heterocycles. The Balaban J connectivity index is 3.07.